The average molecular weight is 365 g/mol. The number of rotatable bonds is 7. The topological polar surface area (TPSA) is 76.4 Å². The van der Waals surface area contributed by atoms with E-state index in [1.54, 1.807) is 24.9 Å². The van der Waals surface area contributed by atoms with Crippen molar-refractivity contribution in [1.82, 2.24) is 15.1 Å². The number of methoxy groups -OCH3 is 1. The Morgan fingerprint density at radius 3 is 2.52 bits per heavy atom. The molecular weight excluding hydrogens is 342 g/mol. The first-order chi connectivity index (χ1) is 13.1. The van der Waals surface area contributed by atoms with Crippen molar-refractivity contribution in [3.05, 3.63) is 71.9 Å². The summed E-state index contributed by atoms with van der Waals surface area (Å²) in [5, 5.41) is 16.7. The normalized spacial score (nSPS) is 11.8. The Balaban J connectivity index is 1.96. The van der Waals surface area contributed by atoms with Crippen LogP contribution in [0.4, 0.5) is 0 Å². The lowest BCUT2D eigenvalue weighted by molar-refractivity contribution is 0.0923. The van der Waals surface area contributed by atoms with E-state index >= 15 is 0 Å². The van der Waals surface area contributed by atoms with E-state index in [2.05, 4.69) is 10.4 Å². The van der Waals surface area contributed by atoms with Crippen LogP contribution in [-0.2, 0) is 6.54 Å². The highest BCUT2D eigenvalue weighted by Gasteiger charge is 2.19. The number of hydrogen-bond acceptors (Lipinski definition) is 4. The lowest BCUT2D eigenvalue weighted by atomic mass is 10.1. The lowest BCUT2D eigenvalue weighted by Gasteiger charge is -2.10. The zero-order valence-corrected chi connectivity index (χ0v) is 15.4. The molecule has 1 heterocycles. The zero-order chi connectivity index (χ0) is 19.2. The molecular formula is C21H23N3O3. The molecule has 1 amide bonds. The number of ether oxygens (including phenoxy) is 1. The first kappa shape index (κ1) is 18.7. The molecule has 2 N–H and O–H groups in total. The molecule has 0 aliphatic heterocycles. The van der Waals surface area contributed by atoms with E-state index in [0.717, 1.165) is 16.9 Å². The molecule has 140 valence electrons. The van der Waals surface area contributed by atoms with Crippen LogP contribution < -0.4 is 10.1 Å². The average Bonchev–Trinajstić information content (AvgIpc) is 3.12. The number of nitrogens with zero attached hydrogens (tertiary/aromatic N) is 2. The zero-order valence-electron chi connectivity index (χ0n) is 15.4. The number of hydrogen-bond donors (Lipinski definition) is 2. The van der Waals surface area contributed by atoms with Crippen molar-refractivity contribution >= 4 is 5.91 Å². The van der Waals surface area contributed by atoms with Crippen LogP contribution in [0.5, 0.6) is 5.75 Å². The number of aliphatic hydroxyl groups excluding tert-OH is 1. The number of amides is 1. The maximum atomic E-state index is 12.7. The summed E-state index contributed by atoms with van der Waals surface area (Å²) in [4.78, 5) is 12.7. The van der Waals surface area contributed by atoms with Crippen molar-refractivity contribution in [2.24, 2.45) is 0 Å². The number of benzene rings is 2. The fourth-order valence-electron chi connectivity index (χ4n) is 2.75. The molecule has 0 aliphatic carbocycles. The molecule has 6 heteroatoms. The maximum absolute atomic E-state index is 12.7. The summed E-state index contributed by atoms with van der Waals surface area (Å²) in [6, 6.07) is 17.0. The van der Waals surface area contributed by atoms with Crippen LogP contribution in [0.2, 0.25) is 0 Å². The second-order valence-corrected chi connectivity index (χ2v) is 6.36. The molecule has 3 aromatic rings. The Hall–Kier alpha value is -3.12. The van der Waals surface area contributed by atoms with Gasteiger partial charge in [-0.25, -0.2) is 0 Å². The van der Waals surface area contributed by atoms with Gasteiger partial charge in [0.1, 0.15) is 11.4 Å². The van der Waals surface area contributed by atoms with Crippen molar-refractivity contribution in [1.29, 1.82) is 0 Å². The largest absolute Gasteiger partial charge is 0.497 e. The van der Waals surface area contributed by atoms with E-state index in [4.69, 9.17) is 4.74 Å². The van der Waals surface area contributed by atoms with Gasteiger partial charge in [-0.1, -0.05) is 30.3 Å². The van der Waals surface area contributed by atoms with E-state index in [1.165, 1.54) is 0 Å². The predicted molar refractivity (Wildman–Crippen MR) is 104 cm³/mol. The Bertz CT molecular complexity index is 889. The number of nitrogens with one attached hydrogen (secondary N) is 1. The summed E-state index contributed by atoms with van der Waals surface area (Å²) < 4.78 is 6.96. The maximum Gasteiger partial charge on any atom is 0.255 e. The van der Waals surface area contributed by atoms with Crippen molar-refractivity contribution in [2.45, 2.75) is 19.5 Å². The molecule has 0 spiro atoms. The summed E-state index contributed by atoms with van der Waals surface area (Å²) in [5.41, 5.74) is 2.98. The van der Waals surface area contributed by atoms with Crippen molar-refractivity contribution < 1.29 is 14.6 Å². The summed E-state index contributed by atoms with van der Waals surface area (Å²) in [6.07, 6.45) is 1.74. The third-order valence-corrected chi connectivity index (χ3v) is 4.21. The van der Waals surface area contributed by atoms with Crippen LogP contribution in [0.1, 0.15) is 22.8 Å². The van der Waals surface area contributed by atoms with E-state index < -0.39 is 0 Å². The molecule has 0 aliphatic rings. The Kier molecular flexibility index (Phi) is 5.88. The molecule has 6 nitrogen and oxygen atoms in total. The second-order valence-electron chi connectivity index (χ2n) is 6.36. The Labute approximate surface area is 158 Å². The van der Waals surface area contributed by atoms with Crippen LogP contribution in [-0.4, -0.2) is 40.6 Å². The Morgan fingerprint density at radius 1 is 1.19 bits per heavy atom. The Morgan fingerprint density at radius 2 is 1.89 bits per heavy atom. The van der Waals surface area contributed by atoms with Gasteiger partial charge in [0.15, 0.2) is 0 Å². The molecule has 1 aromatic heterocycles. The first-order valence-corrected chi connectivity index (χ1v) is 8.78. The van der Waals surface area contributed by atoms with Crippen molar-refractivity contribution in [3.63, 3.8) is 0 Å². The highest BCUT2D eigenvalue weighted by molar-refractivity contribution is 6.00. The predicted octanol–water partition coefficient (Wildman–Crippen LogP) is 2.72. The van der Waals surface area contributed by atoms with Gasteiger partial charge in [-0.2, -0.15) is 5.10 Å². The lowest BCUT2D eigenvalue weighted by Crippen LogP contribution is -2.35. The smallest absolute Gasteiger partial charge is 0.255 e. The van der Waals surface area contributed by atoms with E-state index in [0.29, 0.717) is 17.8 Å². The van der Waals surface area contributed by atoms with E-state index in [9.17, 15) is 9.90 Å². The standard InChI is InChI=1S/C21H23N3O3/c1-15(14-25)22-21(26)19-13-24(12-16-6-4-3-5-7-16)23-20(19)17-8-10-18(27-2)11-9-17/h3-11,13,15,25H,12,14H2,1-2H3,(H,22,26). The van der Waals surface area contributed by atoms with E-state index in [1.807, 2.05) is 54.6 Å². The molecule has 0 radical (unpaired) electrons. The van der Waals surface area contributed by atoms with Gasteiger partial charge in [0.2, 0.25) is 0 Å². The molecule has 2 aromatic carbocycles. The monoisotopic (exact) mass is 365 g/mol. The molecule has 0 bridgehead atoms. The van der Waals surface area contributed by atoms with Crippen LogP contribution in [0.25, 0.3) is 11.3 Å². The number of carbonyl (C=O) groups is 1. The van der Waals surface area contributed by atoms with Crippen molar-refractivity contribution in [3.8, 4) is 17.0 Å². The van der Waals surface area contributed by atoms with Crippen LogP contribution in [0, 0.1) is 0 Å². The van der Waals surface area contributed by atoms with Crippen molar-refractivity contribution in [2.75, 3.05) is 13.7 Å². The number of aliphatic hydroxyl groups is 1. The SMILES string of the molecule is COc1ccc(-c2nn(Cc3ccccc3)cc2C(=O)NC(C)CO)cc1. The highest BCUT2D eigenvalue weighted by Crippen LogP contribution is 2.25. The third kappa shape index (κ3) is 4.54. The summed E-state index contributed by atoms with van der Waals surface area (Å²) >= 11 is 0. The summed E-state index contributed by atoms with van der Waals surface area (Å²) in [6.45, 7) is 2.19. The van der Waals surface area contributed by atoms with Gasteiger partial charge in [-0.15, -0.1) is 0 Å². The van der Waals surface area contributed by atoms with Gasteiger partial charge >= 0.3 is 0 Å². The minimum Gasteiger partial charge on any atom is -0.497 e. The molecule has 0 fully saturated rings. The molecule has 1 atom stereocenters. The second kappa shape index (κ2) is 8.51. The van der Waals surface area contributed by atoms with Gasteiger partial charge < -0.3 is 15.2 Å². The van der Waals surface area contributed by atoms with Crippen LogP contribution in [0.15, 0.2) is 60.8 Å². The molecule has 0 saturated carbocycles. The van der Waals surface area contributed by atoms with Gasteiger partial charge in [0.05, 0.1) is 25.8 Å². The molecule has 1 unspecified atom stereocenters. The highest BCUT2D eigenvalue weighted by atomic mass is 16.5. The molecule has 27 heavy (non-hydrogen) atoms. The van der Waals surface area contributed by atoms with Gasteiger partial charge in [-0.05, 0) is 36.8 Å². The van der Waals surface area contributed by atoms with Gasteiger partial charge in [0.25, 0.3) is 5.91 Å². The van der Waals surface area contributed by atoms with E-state index in [-0.39, 0.29) is 18.6 Å². The molecule has 3 rings (SSSR count). The van der Waals surface area contributed by atoms with Crippen LogP contribution in [0.3, 0.4) is 0 Å². The van der Waals surface area contributed by atoms with Gasteiger partial charge in [0, 0.05) is 17.8 Å². The minimum atomic E-state index is -0.335. The summed E-state index contributed by atoms with van der Waals surface area (Å²) in [7, 11) is 1.61. The number of carbonyl (C=O) groups excluding carboxylic acids is 1. The van der Waals surface area contributed by atoms with Gasteiger partial charge in [-0.3, -0.25) is 9.48 Å². The fraction of sp³-hybridized carbons (Fsp3) is 0.238. The first-order valence-electron chi connectivity index (χ1n) is 8.78. The minimum absolute atomic E-state index is 0.123. The van der Waals surface area contributed by atoms with Crippen LogP contribution >= 0.6 is 0 Å². The quantitative estimate of drug-likeness (QED) is 0.675. The number of aromatic nitrogens is 2. The third-order valence-electron chi connectivity index (χ3n) is 4.21. The fourth-order valence-corrected chi connectivity index (χ4v) is 2.75. The summed E-state index contributed by atoms with van der Waals surface area (Å²) in [5.74, 6) is 0.476. The molecule has 0 saturated heterocycles.